The highest BCUT2D eigenvalue weighted by molar-refractivity contribution is 5.72. The summed E-state index contributed by atoms with van der Waals surface area (Å²) in [6, 6.07) is 3.08. The summed E-state index contributed by atoms with van der Waals surface area (Å²) in [4.78, 5) is 19.4. The summed E-state index contributed by atoms with van der Waals surface area (Å²) in [6.07, 6.45) is -4.81. The molecule has 0 saturated carbocycles. The van der Waals surface area contributed by atoms with E-state index in [1.165, 1.54) is 26.3 Å². The molecule has 0 aliphatic carbocycles. The van der Waals surface area contributed by atoms with Crippen molar-refractivity contribution in [3.8, 4) is 11.4 Å². The van der Waals surface area contributed by atoms with E-state index in [0.717, 1.165) is 11.1 Å². The molecule has 11 heteroatoms. The van der Waals surface area contributed by atoms with Crippen LogP contribution >= 0.6 is 0 Å². The quantitative estimate of drug-likeness (QED) is 0.677. The van der Waals surface area contributed by atoms with Gasteiger partial charge in [0.15, 0.2) is 0 Å². The summed E-state index contributed by atoms with van der Waals surface area (Å²) >= 11 is 0. The van der Waals surface area contributed by atoms with Crippen molar-refractivity contribution in [3.05, 3.63) is 35.5 Å². The number of hydrogen-bond acceptors (Lipinski definition) is 5. The lowest BCUT2D eigenvalue weighted by Crippen LogP contribution is -2.36. The molecule has 2 amide bonds. The fourth-order valence-corrected chi connectivity index (χ4v) is 1.80. The van der Waals surface area contributed by atoms with Gasteiger partial charge in [-0.2, -0.15) is 23.2 Å². The van der Waals surface area contributed by atoms with Gasteiger partial charge >= 0.3 is 18.1 Å². The summed E-state index contributed by atoms with van der Waals surface area (Å²) in [5.41, 5.74) is 0.0862. The van der Waals surface area contributed by atoms with E-state index >= 15 is 0 Å². The van der Waals surface area contributed by atoms with E-state index < -0.39 is 29.7 Å². The summed E-state index contributed by atoms with van der Waals surface area (Å²) < 4.78 is 55.5. The molecule has 0 spiro atoms. The molecule has 0 unspecified atom stereocenters. The topological polar surface area (TPSA) is 80.5 Å². The minimum Gasteiger partial charge on any atom is -0.339 e. The minimum atomic E-state index is -4.81. The van der Waals surface area contributed by atoms with Gasteiger partial charge in [-0.25, -0.2) is 9.18 Å². The van der Waals surface area contributed by atoms with Crippen molar-refractivity contribution in [2.45, 2.75) is 12.7 Å². The van der Waals surface area contributed by atoms with E-state index in [-0.39, 0.29) is 13.5 Å². The Morgan fingerprint density at radius 2 is 2.17 bits per heavy atom. The number of benzene rings is 1. The predicted octanol–water partition coefficient (Wildman–Crippen LogP) is 2.84. The van der Waals surface area contributed by atoms with Gasteiger partial charge in [-0.15, -0.1) is 0 Å². The molecule has 1 aromatic heterocycles. The Morgan fingerprint density at radius 3 is 2.67 bits per heavy atom. The molecule has 1 aromatic carbocycles. The Balaban J connectivity index is 0.00000312. The van der Waals surface area contributed by atoms with Crippen LogP contribution in [0.25, 0.3) is 11.4 Å². The average molecular weight is 350 g/mol. The molecule has 1 N–H and O–H groups in total. The first-order valence-corrected chi connectivity index (χ1v) is 6.49. The zero-order valence-corrected chi connectivity index (χ0v) is 12.5. The van der Waals surface area contributed by atoms with Crippen LogP contribution in [0.4, 0.5) is 22.4 Å². The largest absolute Gasteiger partial charge is 0.471 e. The second-order valence-corrected chi connectivity index (χ2v) is 4.51. The van der Waals surface area contributed by atoms with Crippen LogP contribution < -0.4 is 5.32 Å². The third kappa shape index (κ3) is 3.79. The molecule has 0 radical (unpaired) electrons. The molecule has 2 aromatic rings. The van der Waals surface area contributed by atoms with Gasteiger partial charge in [0, 0.05) is 8.47 Å². The molecule has 1 heterocycles. The summed E-state index contributed by atoms with van der Waals surface area (Å²) in [7, 11) is 2.66. The fourth-order valence-electron chi connectivity index (χ4n) is 1.80. The minimum absolute atomic E-state index is 0. The Hall–Kier alpha value is -2.69. The predicted molar refractivity (Wildman–Crippen MR) is 73.8 cm³/mol. The van der Waals surface area contributed by atoms with Crippen molar-refractivity contribution in [1.29, 1.82) is 0 Å². The number of halogens is 4. The van der Waals surface area contributed by atoms with Gasteiger partial charge in [0.2, 0.25) is 5.82 Å². The molecule has 0 atom stereocenters. The maximum absolute atomic E-state index is 14.1. The van der Waals surface area contributed by atoms with Crippen LogP contribution in [-0.4, -0.2) is 35.4 Å². The molecule has 24 heavy (non-hydrogen) atoms. The molecule has 132 valence electrons. The van der Waals surface area contributed by atoms with Crippen molar-refractivity contribution < 1.29 is 33.1 Å². The summed E-state index contributed by atoms with van der Waals surface area (Å²) in [5.74, 6) is -2.96. The van der Waals surface area contributed by atoms with Gasteiger partial charge in [-0.1, -0.05) is 11.2 Å². The van der Waals surface area contributed by atoms with E-state index in [2.05, 4.69) is 20.0 Å². The lowest BCUT2D eigenvalue weighted by Gasteiger charge is -2.19. The number of carbonyl (C=O) groups excluding carboxylic acids is 1. The lowest BCUT2D eigenvalue weighted by atomic mass is 10.1. The number of aromatic nitrogens is 2. The number of alkyl halides is 3. The van der Waals surface area contributed by atoms with Crippen molar-refractivity contribution in [2.24, 2.45) is 0 Å². The zero-order valence-electron chi connectivity index (χ0n) is 12.5. The van der Waals surface area contributed by atoms with Gasteiger partial charge < -0.3 is 9.84 Å². The first-order valence-electron chi connectivity index (χ1n) is 6.49. The second kappa shape index (κ2) is 6.83. The molecule has 0 saturated heterocycles. The SMILES string of the molecule is CNC(=O)N(Cc1ccc(-c2noc(C(F)(F)F)n2)c(F)c1)OC.[HH]. The van der Waals surface area contributed by atoms with E-state index in [9.17, 15) is 22.4 Å². The lowest BCUT2D eigenvalue weighted by molar-refractivity contribution is -0.159. The Bertz CT molecular complexity index is 738. The normalized spacial score (nSPS) is 11.4. The molecule has 2 rings (SSSR count). The standard InChI is InChI=1S/C13H12F4N4O3.H2/c1-18-12(22)21(23-2)6-7-3-4-8(9(14)5-7)10-19-11(24-20-10)13(15,16)17;/h3-5H,6H2,1-2H3,(H,18,22);1H. The van der Waals surface area contributed by atoms with Gasteiger partial charge in [0.1, 0.15) is 5.82 Å². The number of hydrogen-bond donors (Lipinski definition) is 1. The number of nitrogens with zero attached hydrogens (tertiary/aromatic N) is 3. The third-order valence-electron chi connectivity index (χ3n) is 2.93. The molecular formula is C13H14F4N4O3. The smallest absolute Gasteiger partial charge is 0.339 e. The van der Waals surface area contributed by atoms with Gasteiger partial charge in [0.25, 0.3) is 0 Å². The van der Waals surface area contributed by atoms with Crippen molar-refractivity contribution in [1.82, 2.24) is 20.5 Å². The molecule has 0 fully saturated rings. The van der Waals surface area contributed by atoms with E-state index in [1.807, 2.05) is 0 Å². The number of carbonyl (C=O) groups is 1. The summed E-state index contributed by atoms with van der Waals surface area (Å²) in [6.45, 7) is -0.0760. The van der Waals surface area contributed by atoms with Gasteiger partial charge in [-0.3, -0.25) is 4.84 Å². The Kier molecular flexibility index (Phi) is 5.02. The first-order chi connectivity index (χ1) is 11.3. The monoisotopic (exact) mass is 350 g/mol. The van der Waals surface area contributed by atoms with Crippen molar-refractivity contribution in [3.63, 3.8) is 0 Å². The third-order valence-corrected chi connectivity index (χ3v) is 2.93. The molecule has 0 aliphatic rings. The van der Waals surface area contributed by atoms with Crippen LogP contribution in [0, 0.1) is 5.82 Å². The average Bonchev–Trinajstić information content (AvgIpc) is 3.01. The van der Waals surface area contributed by atoms with Gasteiger partial charge in [-0.05, 0) is 17.7 Å². The zero-order chi connectivity index (χ0) is 17.9. The number of hydroxylamine groups is 2. The number of amides is 2. The van der Waals surface area contributed by atoms with E-state index in [1.54, 1.807) is 0 Å². The number of nitrogens with one attached hydrogen (secondary N) is 1. The second-order valence-electron chi connectivity index (χ2n) is 4.51. The highest BCUT2D eigenvalue weighted by atomic mass is 19.4. The van der Waals surface area contributed by atoms with E-state index in [4.69, 9.17) is 4.84 Å². The molecule has 7 nitrogen and oxygen atoms in total. The highest BCUT2D eigenvalue weighted by Gasteiger charge is 2.38. The van der Waals surface area contributed by atoms with Crippen LogP contribution in [0.1, 0.15) is 12.9 Å². The number of rotatable bonds is 4. The Labute approximate surface area is 134 Å². The van der Waals surface area contributed by atoms with Crippen LogP contribution in [0.3, 0.4) is 0 Å². The molecule has 0 bridgehead atoms. The van der Waals surface area contributed by atoms with Crippen LogP contribution in [0.15, 0.2) is 22.7 Å². The maximum Gasteiger partial charge on any atom is 0.471 e. The van der Waals surface area contributed by atoms with Crippen LogP contribution in [-0.2, 0) is 17.6 Å². The highest BCUT2D eigenvalue weighted by Crippen LogP contribution is 2.30. The molecular weight excluding hydrogens is 336 g/mol. The van der Waals surface area contributed by atoms with Crippen molar-refractivity contribution in [2.75, 3.05) is 14.2 Å². The van der Waals surface area contributed by atoms with Crippen LogP contribution in [0.2, 0.25) is 0 Å². The van der Waals surface area contributed by atoms with Gasteiger partial charge in [0.05, 0.1) is 19.2 Å². The fraction of sp³-hybridized carbons (Fsp3) is 0.308. The summed E-state index contributed by atoms with van der Waals surface area (Å²) in [5, 5.41) is 6.39. The first kappa shape index (κ1) is 17.7. The number of urea groups is 1. The Morgan fingerprint density at radius 1 is 1.46 bits per heavy atom. The maximum atomic E-state index is 14.1. The van der Waals surface area contributed by atoms with E-state index in [0.29, 0.717) is 5.56 Å². The molecule has 0 aliphatic heterocycles. The van der Waals surface area contributed by atoms with Crippen LogP contribution in [0.5, 0.6) is 0 Å². The van der Waals surface area contributed by atoms with Crippen molar-refractivity contribution >= 4 is 6.03 Å².